The third-order valence-corrected chi connectivity index (χ3v) is 5.05. The number of likely N-dealkylation sites (tertiary alicyclic amines) is 1. The summed E-state index contributed by atoms with van der Waals surface area (Å²) in [5, 5.41) is 0. The molecular formula is C20H25FN2O. The van der Waals surface area contributed by atoms with Crippen LogP contribution in [0.3, 0.4) is 0 Å². The first-order valence-corrected chi connectivity index (χ1v) is 8.71. The summed E-state index contributed by atoms with van der Waals surface area (Å²) < 4.78 is 15.3. The standard InChI is InChI=1S/C20H25FN2O/c1-15-3-4-16(2)23(15)19-11-13-22(14-12-19)20(24)10-7-17-5-8-18(21)9-6-17/h3-6,8-9,19H,7,10-14H2,1-2H3. The van der Waals surface area contributed by atoms with E-state index in [0.29, 0.717) is 18.9 Å². The van der Waals surface area contributed by atoms with E-state index in [0.717, 1.165) is 31.5 Å². The van der Waals surface area contributed by atoms with Crippen LogP contribution in [0.15, 0.2) is 36.4 Å². The SMILES string of the molecule is Cc1ccc(C)n1C1CCN(C(=O)CCc2ccc(F)cc2)CC1. The number of benzene rings is 1. The second kappa shape index (κ2) is 7.20. The van der Waals surface area contributed by atoms with Gasteiger partial charge in [0, 0.05) is 36.9 Å². The van der Waals surface area contributed by atoms with Gasteiger partial charge in [0.15, 0.2) is 0 Å². The summed E-state index contributed by atoms with van der Waals surface area (Å²) in [4.78, 5) is 14.4. The number of piperidine rings is 1. The van der Waals surface area contributed by atoms with Crippen LogP contribution >= 0.6 is 0 Å². The lowest BCUT2D eigenvalue weighted by atomic mass is 10.0. The van der Waals surface area contributed by atoms with Gasteiger partial charge in [0.1, 0.15) is 5.82 Å². The van der Waals surface area contributed by atoms with Gasteiger partial charge in [0.25, 0.3) is 0 Å². The highest BCUT2D eigenvalue weighted by Gasteiger charge is 2.24. The Morgan fingerprint density at radius 2 is 1.62 bits per heavy atom. The largest absolute Gasteiger partial charge is 0.346 e. The van der Waals surface area contributed by atoms with E-state index >= 15 is 0 Å². The Balaban J connectivity index is 1.51. The Hall–Kier alpha value is -2.10. The Bertz CT molecular complexity index is 677. The Morgan fingerprint density at radius 1 is 1.04 bits per heavy atom. The van der Waals surface area contributed by atoms with Crippen LogP contribution in [0, 0.1) is 19.7 Å². The van der Waals surface area contributed by atoms with Crippen LogP contribution in [0.25, 0.3) is 0 Å². The molecule has 0 radical (unpaired) electrons. The van der Waals surface area contributed by atoms with Crippen molar-refractivity contribution in [2.24, 2.45) is 0 Å². The molecule has 0 aliphatic carbocycles. The molecule has 0 spiro atoms. The van der Waals surface area contributed by atoms with Gasteiger partial charge in [-0.25, -0.2) is 4.39 Å². The molecule has 128 valence electrons. The second-order valence-electron chi connectivity index (χ2n) is 6.72. The molecule has 1 aliphatic rings. The average molecular weight is 328 g/mol. The van der Waals surface area contributed by atoms with E-state index in [1.807, 2.05) is 4.90 Å². The van der Waals surface area contributed by atoms with Crippen molar-refractivity contribution in [2.45, 2.75) is 45.6 Å². The molecule has 2 heterocycles. The van der Waals surface area contributed by atoms with Crippen LogP contribution in [0.4, 0.5) is 4.39 Å². The zero-order valence-corrected chi connectivity index (χ0v) is 14.5. The fourth-order valence-electron chi connectivity index (χ4n) is 3.69. The number of rotatable bonds is 4. The number of amides is 1. The number of aryl methyl sites for hydroxylation is 3. The quantitative estimate of drug-likeness (QED) is 0.831. The molecule has 1 fully saturated rings. The summed E-state index contributed by atoms with van der Waals surface area (Å²) in [5.74, 6) is -0.0264. The molecule has 2 aromatic rings. The molecule has 4 heteroatoms. The van der Waals surface area contributed by atoms with Crippen molar-refractivity contribution >= 4 is 5.91 Å². The van der Waals surface area contributed by atoms with Crippen LogP contribution in [-0.2, 0) is 11.2 Å². The van der Waals surface area contributed by atoms with Crippen molar-refractivity contribution in [1.29, 1.82) is 0 Å². The molecule has 0 N–H and O–H groups in total. The topological polar surface area (TPSA) is 25.2 Å². The lowest BCUT2D eigenvalue weighted by molar-refractivity contribution is -0.132. The van der Waals surface area contributed by atoms with Gasteiger partial charge in [0.2, 0.25) is 5.91 Å². The number of nitrogens with zero attached hydrogens (tertiary/aromatic N) is 2. The fourth-order valence-corrected chi connectivity index (χ4v) is 3.69. The molecule has 0 unspecified atom stereocenters. The molecule has 0 saturated carbocycles. The smallest absolute Gasteiger partial charge is 0.222 e. The number of carbonyl (C=O) groups excluding carboxylic acids is 1. The minimum absolute atomic E-state index is 0.207. The third-order valence-electron chi connectivity index (χ3n) is 5.05. The highest BCUT2D eigenvalue weighted by Crippen LogP contribution is 2.26. The Morgan fingerprint density at radius 3 is 2.21 bits per heavy atom. The first-order chi connectivity index (χ1) is 11.5. The molecule has 1 aromatic carbocycles. The van der Waals surface area contributed by atoms with Crippen LogP contribution in [0.1, 0.15) is 42.3 Å². The van der Waals surface area contributed by atoms with Crippen LogP contribution in [0.2, 0.25) is 0 Å². The predicted molar refractivity (Wildman–Crippen MR) is 93.5 cm³/mol. The molecule has 1 saturated heterocycles. The lowest BCUT2D eigenvalue weighted by Crippen LogP contribution is -2.39. The van der Waals surface area contributed by atoms with Gasteiger partial charge in [-0.15, -0.1) is 0 Å². The van der Waals surface area contributed by atoms with E-state index in [-0.39, 0.29) is 11.7 Å². The lowest BCUT2D eigenvalue weighted by Gasteiger charge is -2.34. The summed E-state index contributed by atoms with van der Waals surface area (Å²) in [5.41, 5.74) is 3.61. The summed E-state index contributed by atoms with van der Waals surface area (Å²) in [6.07, 6.45) is 3.20. The summed E-state index contributed by atoms with van der Waals surface area (Å²) in [7, 11) is 0. The summed E-state index contributed by atoms with van der Waals surface area (Å²) in [6.45, 7) is 5.94. The van der Waals surface area contributed by atoms with E-state index in [4.69, 9.17) is 0 Å². The van der Waals surface area contributed by atoms with E-state index in [1.165, 1.54) is 23.5 Å². The number of aromatic nitrogens is 1. The summed E-state index contributed by atoms with van der Waals surface area (Å²) >= 11 is 0. The minimum atomic E-state index is -0.234. The zero-order valence-electron chi connectivity index (χ0n) is 14.5. The third kappa shape index (κ3) is 3.69. The van der Waals surface area contributed by atoms with Gasteiger partial charge >= 0.3 is 0 Å². The molecule has 1 amide bonds. The maximum Gasteiger partial charge on any atom is 0.222 e. The van der Waals surface area contributed by atoms with Crippen LogP contribution in [0.5, 0.6) is 0 Å². The van der Waals surface area contributed by atoms with E-state index < -0.39 is 0 Å². The van der Waals surface area contributed by atoms with Crippen molar-refractivity contribution < 1.29 is 9.18 Å². The second-order valence-corrected chi connectivity index (χ2v) is 6.72. The predicted octanol–water partition coefficient (Wildman–Crippen LogP) is 4.04. The zero-order chi connectivity index (χ0) is 17.1. The van der Waals surface area contributed by atoms with Gasteiger partial charge < -0.3 is 9.47 Å². The molecule has 0 bridgehead atoms. The van der Waals surface area contributed by atoms with Gasteiger partial charge in [-0.05, 0) is 62.9 Å². The maximum atomic E-state index is 12.9. The highest BCUT2D eigenvalue weighted by molar-refractivity contribution is 5.76. The van der Waals surface area contributed by atoms with E-state index in [1.54, 1.807) is 12.1 Å². The number of carbonyl (C=O) groups is 1. The first-order valence-electron chi connectivity index (χ1n) is 8.71. The normalized spacial score (nSPS) is 15.7. The number of halogens is 1. The summed E-state index contributed by atoms with van der Waals surface area (Å²) in [6, 6.07) is 11.2. The molecule has 3 rings (SSSR count). The monoisotopic (exact) mass is 328 g/mol. The van der Waals surface area contributed by atoms with E-state index in [2.05, 4.69) is 30.5 Å². The van der Waals surface area contributed by atoms with Crippen LogP contribution in [-0.4, -0.2) is 28.5 Å². The van der Waals surface area contributed by atoms with Crippen molar-refractivity contribution in [3.63, 3.8) is 0 Å². The van der Waals surface area contributed by atoms with Gasteiger partial charge in [-0.1, -0.05) is 12.1 Å². The van der Waals surface area contributed by atoms with Crippen molar-refractivity contribution in [3.8, 4) is 0 Å². The molecule has 3 nitrogen and oxygen atoms in total. The van der Waals surface area contributed by atoms with Gasteiger partial charge in [0.05, 0.1) is 0 Å². The highest BCUT2D eigenvalue weighted by atomic mass is 19.1. The fraction of sp³-hybridized carbons (Fsp3) is 0.450. The van der Waals surface area contributed by atoms with Crippen molar-refractivity contribution in [2.75, 3.05) is 13.1 Å². The van der Waals surface area contributed by atoms with Crippen molar-refractivity contribution in [1.82, 2.24) is 9.47 Å². The van der Waals surface area contributed by atoms with Crippen molar-refractivity contribution in [3.05, 3.63) is 59.2 Å². The van der Waals surface area contributed by atoms with Crippen LogP contribution < -0.4 is 0 Å². The molecular weight excluding hydrogens is 303 g/mol. The minimum Gasteiger partial charge on any atom is -0.346 e. The van der Waals surface area contributed by atoms with Gasteiger partial charge in [-0.2, -0.15) is 0 Å². The number of hydrogen-bond donors (Lipinski definition) is 0. The van der Waals surface area contributed by atoms with E-state index in [9.17, 15) is 9.18 Å². The average Bonchev–Trinajstić information content (AvgIpc) is 2.93. The molecule has 1 aromatic heterocycles. The van der Waals surface area contributed by atoms with Gasteiger partial charge in [-0.3, -0.25) is 4.79 Å². The Labute approximate surface area is 143 Å². The Kier molecular flexibility index (Phi) is 5.03. The first kappa shape index (κ1) is 16.7. The molecule has 24 heavy (non-hydrogen) atoms. The molecule has 0 atom stereocenters. The number of hydrogen-bond acceptors (Lipinski definition) is 1. The molecule has 1 aliphatic heterocycles. The maximum absolute atomic E-state index is 12.9.